The molecule has 0 spiro atoms. The van der Waals surface area contributed by atoms with Crippen LogP contribution in [0.5, 0.6) is 0 Å². The lowest BCUT2D eigenvalue weighted by Crippen LogP contribution is -2.10. The number of rotatable bonds is 8. The molecule has 0 aliphatic carbocycles. The normalized spacial score (nSPS) is 13.6. The van der Waals surface area contributed by atoms with Crippen LogP contribution >= 0.6 is 7.60 Å². The fourth-order valence-corrected chi connectivity index (χ4v) is 3.16. The maximum Gasteiger partial charge on any atom is 0.329 e. The van der Waals surface area contributed by atoms with Crippen molar-refractivity contribution in [2.24, 2.45) is 0 Å². The topological polar surface area (TPSA) is 139 Å². The van der Waals surface area contributed by atoms with Gasteiger partial charge in [-0.25, -0.2) is 9.97 Å². The molecular formula is C15H19N6O3P. The summed E-state index contributed by atoms with van der Waals surface area (Å²) in [5, 5.41) is 2.92. The third-order valence-electron chi connectivity index (χ3n) is 3.53. The largest absolute Gasteiger partial charge is 0.382 e. The highest BCUT2D eigenvalue weighted by Gasteiger charge is 2.19. The highest BCUT2D eigenvalue weighted by Crippen LogP contribution is 2.41. The maximum absolute atomic E-state index is 12.0. The molecule has 0 fully saturated rings. The van der Waals surface area contributed by atoms with E-state index in [-0.39, 0.29) is 19.3 Å². The third kappa shape index (κ3) is 4.76. The van der Waals surface area contributed by atoms with E-state index in [1.54, 1.807) is 0 Å². The molecule has 0 bridgehead atoms. The standard InChI is InChI=1S/C15H19N6O3P/c16-13-12-14(19-10-18-13)21-15(20-12)17-7-9-25(22,23)24-8-6-11-4-2-1-3-5-11/h1-5,10H,6-9H2,(H,22,23)(H4,16,17,18,19,20,21). The Morgan fingerprint density at radius 2 is 2.08 bits per heavy atom. The SMILES string of the molecule is Nc1ncnc2nc(NCCP(=O)(O)OCCc3ccccc3)[nH]c12. The first-order valence-corrected chi connectivity index (χ1v) is 9.50. The van der Waals surface area contributed by atoms with Crippen LogP contribution < -0.4 is 11.1 Å². The van der Waals surface area contributed by atoms with Gasteiger partial charge in [0.2, 0.25) is 5.95 Å². The van der Waals surface area contributed by atoms with E-state index in [1.807, 2.05) is 30.3 Å². The number of nitrogens with zero attached hydrogens (tertiary/aromatic N) is 3. The number of nitrogens with two attached hydrogens (primary N) is 1. The molecule has 0 saturated heterocycles. The van der Waals surface area contributed by atoms with Gasteiger partial charge in [-0.15, -0.1) is 0 Å². The van der Waals surface area contributed by atoms with Gasteiger partial charge in [0.15, 0.2) is 11.5 Å². The van der Waals surface area contributed by atoms with E-state index in [0.29, 0.717) is 29.4 Å². The number of nitrogens with one attached hydrogen (secondary N) is 2. The number of anilines is 2. The van der Waals surface area contributed by atoms with Gasteiger partial charge in [0.25, 0.3) is 0 Å². The first-order valence-electron chi connectivity index (χ1n) is 7.74. The van der Waals surface area contributed by atoms with Crippen LogP contribution in [0.25, 0.3) is 11.2 Å². The number of benzene rings is 1. The molecular weight excluding hydrogens is 343 g/mol. The Morgan fingerprint density at radius 1 is 1.28 bits per heavy atom. The summed E-state index contributed by atoms with van der Waals surface area (Å²) in [5.74, 6) is 0.703. The lowest BCUT2D eigenvalue weighted by molar-refractivity contribution is 0.263. The van der Waals surface area contributed by atoms with Crippen molar-refractivity contribution < 1.29 is 14.0 Å². The van der Waals surface area contributed by atoms with Gasteiger partial charge in [0.1, 0.15) is 11.8 Å². The highest BCUT2D eigenvalue weighted by molar-refractivity contribution is 7.52. The summed E-state index contributed by atoms with van der Waals surface area (Å²) in [5.41, 5.74) is 7.73. The van der Waals surface area contributed by atoms with Gasteiger partial charge >= 0.3 is 7.60 Å². The molecule has 1 unspecified atom stereocenters. The molecule has 2 heterocycles. The van der Waals surface area contributed by atoms with Gasteiger partial charge in [0, 0.05) is 6.54 Å². The molecule has 1 aromatic carbocycles. The predicted molar refractivity (Wildman–Crippen MR) is 95.4 cm³/mol. The zero-order valence-corrected chi connectivity index (χ0v) is 14.3. The van der Waals surface area contributed by atoms with E-state index in [1.165, 1.54) is 6.33 Å². The number of nitrogen functional groups attached to an aromatic ring is 1. The molecule has 3 rings (SSSR count). The van der Waals surface area contributed by atoms with Crippen molar-refractivity contribution in [2.75, 3.05) is 30.4 Å². The van der Waals surface area contributed by atoms with Crippen LogP contribution in [0.3, 0.4) is 0 Å². The summed E-state index contributed by atoms with van der Waals surface area (Å²) in [6.07, 6.45) is 1.87. The van der Waals surface area contributed by atoms with Crippen LogP contribution in [0, 0.1) is 0 Å². The second-order valence-corrected chi connectivity index (χ2v) is 7.38. The summed E-state index contributed by atoms with van der Waals surface area (Å²) in [7, 11) is -3.67. The fourth-order valence-electron chi connectivity index (χ4n) is 2.26. The maximum atomic E-state index is 12.0. The van der Waals surface area contributed by atoms with E-state index >= 15 is 0 Å². The van der Waals surface area contributed by atoms with E-state index in [9.17, 15) is 9.46 Å². The summed E-state index contributed by atoms with van der Waals surface area (Å²) < 4.78 is 17.2. The lowest BCUT2D eigenvalue weighted by Gasteiger charge is -2.12. The average Bonchev–Trinajstić information content (AvgIpc) is 3.00. The zero-order valence-electron chi connectivity index (χ0n) is 13.4. The zero-order chi connectivity index (χ0) is 17.7. The Kier molecular flexibility index (Phi) is 5.28. The van der Waals surface area contributed by atoms with Gasteiger partial charge in [-0.1, -0.05) is 30.3 Å². The van der Waals surface area contributed by atoms with Gasteiger partial charge in [-0.2, -0.15) is 4.98 Å². The minimum Gasteiger partial charge on any atom is -0.382 e. The minimum atomic E-state index is -3.67. The number of fused-ring (bicyclic) bond motifs is 1. The molecule has 0 saturated carbocycles. The van der Waals surface area contributed by atoms with E-state index in [0.717, 1.165) is 5.56 Å². The Labute approximate surface area is 144 Å². The molecule has 132 valence electrons. The van der Waals surface area contributed by atoms with Crippen molar-refractivity contribution in [1.29, 1.82) is 0 Å². The molecule has 0 aliphatic rings. The fraction of sp³-hybridized carbons (Fsp3) is 0.267. The van der Waals surface area contributed by atoms with Crippen molar-refractivity contribution in [1.82, 2.24) is 19.9 Å². The van der Waals surface area contributed by atoms with Crippen LogP contribution in [0.2, 0.25) is 0 Å². The minimum absolute atomic E-state index is 0.0417. The third-order valence-corrected chi connectivity index (χ3v) is 4.91. The second-order valence-electron chi connectivity index (χ2n) is 5.40. The number of aromatic nitrogens is 4. The molecule has 9 nitrogen and oxygen atoms in total. The molecule has 10 heteroatoms. The quantitative estimate of drug-likeness (QED) is 0.445. The van der Waals surface area contributed by atoms with Crippen LogP contribution in [-0.4, -0.2) is 44.1 Å². The van der Waals surface area contributed by atoms with E-state index in [2.05, 4.69) is 25.3 Å². The molecule has 5 N–H and O–H groups in total. The molecule has 0 radical (unpaired) electrons. The van der Waals surface area contributed by atoms with Crippen molar-refractivity contribution in [3.05, 3.63) is 42.2 Å². The molecule has 1 atom stereocenters. The van der Waals surface area contributed by atoms with Crippen LogP contribution in [0.4, 0.5) is 11.8 Å². The Bertz CT molecular complexity index is 885. The van der Waals surface area contributed by atoms with Gasteiger partial charge in [-0.3, -0.25) is 4.57 Å². The van der Waals surface area contributed by atoms with Crippen molar-refractivity contribution in [2.45, 2.75) is 6.42 Å². The number of aromatic amines is 1. The molecule has 0 amide bonds. The summed E-state index contributed by atoms with van der Waals surface area (Å²) in [6.45, 7) is 0.404. The Morgan fingerprint density at radius 3 is 2.84 bits per heavy atom. The van der Waals surface area contributed by atoms with Crippen molar-refractivity contribution in [3.8, 4) is 0 Å². The molecule has 0 aliphatic heterocycles. The summed E-state index contributed by atoms with van der Waals surface area (Å²) in [4.78, 5) is 24.8. The summed E-state index contributed by atoms with van der Waals surface area (Å²) in [6, 6.07) is 9.65. The van der Waals surface area contributed by atoms with Crippen molar-refractivity contribution in [3.63, 3.8) is 0 Å². The number of hydrogen-bond acceptors (Lipinski definition) is 7. The highest BCUT2D eigenvalue weighted by atomic mass is 31.2. The van der Waals surface area contributed by atoms with E-state index in [4.69, 9.17) is 10.3 Å². The second kappa shape index (κ2) is 7.60. The van der Waals surface area contributed by atoms with Crippen LogP contribution in [0.15, 0.2) is 36.7 Å². The van der Waals surface area contributed by atoms with Crippen LogP contribution in [-0.2, 0) is 15.5 Å². The molecule has 25 heavy (non-hydrogen) atoms. The lowest BCUT2D eigenvalue weighted by atomic mass is 10.2. The monoisotopic (exact) mass is 362 g/mol. The number of imidazole rings is 1. The first kappa shape index (κ1) is 17.3. The number of hydrogen-bond donors (Lipinski definition) is 4. The van der Waals surface area contributed by atoms with Gasteiger partial charge in [-0.05, 0) is 12.0 Å². The average molecular weight is 362 g/mol. The van der Waals surface area contributed by atoms with Gasteiger partial charge in [0.05, 0.1) is 12.8 Å². The molecule has 3 aromatic rings. The smallest absolute Gasteiger partial charge is 0.329 e. The van der Waals surface area contributed by atoms with Crippen LogP contribution in [0.1, 0.15) is 5.56 Å². The summed E-state index contributed by atoms with van der Waals surface area (Å²) >= 11 is 0. The predicted octanol–water partition coefficient (Wildman–Crippen LogP) is 1.79. The number of H-pyrrole nitrogens is 1. The molecule has 2 aromatic heterocycles. The first-order chi connectivity index (χ1) is 12.0. The van der Waals surface area contributed by atoms with Crippen molar-refractivity contribution >= 4 is 30.5 Å². The van der Waals surface area contributed by atoms with Gasteiger partial charge < -0.3 is 25.5 Å². The van der Waals surface area contributed by atoms with E-state index < -0.39 is 7.60 Å². The Balaban J connectivity index is 1.46. The Hall–Kier alpha value is -2.48.